The summed E-state index contributed by atoms with van der Waals surface area (Å²) in [4.78, 5) is 0. The first-order valence-corrected chi connectivity index (χ1v) is 8.01. The summed E-state index contributed by atoms with van der Waals surface area (Å²) < 4.78 is 10.9. The molecule has 0 aromatic carbocycles. The van der Waals surface area contributed by atoms with E-state index in [1.54, 1.807) is 0 Å². The van der Waals surface area contributed by atoms with E-state index in [4.69, 9.17) is 9.47 Å². The minimum absolute atomic E-state index is 0.0937. The van der Waals surface area contributed by atoms with Gasteiger partial charge in [-0.15, -0.1) is 6.58 Å². The molecule has 0 amide bonds. The largest absolute Gasteiger partial charge is 0.394 e. The summed E-state index contributed by atoms with van der Waals surface area (Å²) in [6.07, 6.45) is 6.89. The second-order valence-electron chi connectivity index (χ2n) is 5.65. The molecular formula is C16H30O5. The average molecular weight is 302 g/mol. The zero-order valence-electron chi connectivity index (χ0n) is 12.8. The molecule has 0 bridgehead atoms. The summed E-state index contributed by atoms with van der Waals surface area (Å²) in [5.74, 6) is 0. The molecule has 1 saturated heterocycles. The van der Waals surface area contributed by atoms with E-state index < -0.39 is 24.4 Å². The topological polar surface area (TPSA) is 79.2 Å². The summed E-state index contributed by atoms with van der Waals surface area (Å²) in [6, 6.07) is 0. The Labute approximate surface area is 127 Å². The molecule has 0 radical (unpaired) electrons. The van der Waals surface area contributed by atoms with E-state index in [2.05, 4.69) is 6.58 Å². The Kier molecular flexibility index (Phi) is 9.87. The van der Waals surface area contributed by atoms with Crippen LogP contribution in [0.25, 0.3) is 0 Å². The lowest BCUT2D eigenvalue weighted by Crippen LogP contribution is -2.42. The molecular weight excluding hydrogens is 272 g/mol. The van der Waals surface area contributed by atoms with Crippen LogP contribution in [-0.2, 0) is 9.47 Å². The second-order valence-corrected chi connectivity index (χ2v) is 5.65. The molecule has 0 unspecified atom stereocenters. The first kappa shape index (κ1) is 18.6. The molecule has 1 aliphatic rings. The maximum absolute atomic E-state index is 9.73. The van der Waals surface area contributed by atoms with Gasteiger partial charge in [0, 0.05) is 6.61 Å². The molecule has 0 aliphatic carbocycles. The number of allylic oxidation sites excluding steroid dienone is 1. The van der Waals surface area contributed by atoms with Gasteiger partial charge in [0.25, 0.3) is 0 Å². The van der Waals surface area contributed by atoms with Gasteiger partial charge in [-0.25, -0.2) is 0 Å². The van der Waals surface area contributed by atoms with Crippen LogP contribution in [0.4, 0.5) is 0 Å². The van der Waals surface area contributed by atoms with Gasteiger partial charge in [-0.3, -0.25) is 0 Å². The predicted octanol–water partition coefficient (Wildman–Crippen LogP) is 1.40. The quantitative estimate of drug-likeness (QED) is 0.375. The Hall–Kier alpha value is -0.460. The van der Waals surface area contributed by atoms with Gasteiger partial charge >= 0.3 is 0 Å². The van der Waals surface area contributed by atoms with Gasteiger partial charge in [-0.2, -0.15) is 0 Å². The highest BCUT2D eigenvalue weighted by Crippen LogP contribution is 2.19. The molecule has 5 heteroatoms. The Morgan fingerprint density at radius 3 is 2.38 bits per heavy atom. The fourth-order valence-electron chi connectivity index (χ4n) is 2.54. The van der Waals surface area contributed by atoms with Gasteiger partial charge in [-0.1, -0.05) is 31.8 Å². The minimum atomic E-state index is -0.980. The third kappa shape index (κ3) is 6.89. The van der Waals surface area contributed by atoms with Gasteiger partial charge in [0.1, 0.15) is 24.4 Å². The number of aliphatic hydroxyl groups excluding tert-OH is 3. The van der Waals surface area contributed by atoms with Gasteiger partial charge in [0.05, 0.1) is 13.2 Å². The van der Waals surface area contributed by atoms with Crippen LogP contribution >= 0.6 is 0 Å². The minimum Gasteiger partial charge on any atom is -0.394 e. The number of unbranched alkanes of at least 4 members (excludes halogenated alkanes) is 6. The monoisotopic (exact) mass is 302 g/mol. The number of hydrogen-bond donors (Lipinski definition) is 3. The number of aliphatic hydroxyl groups is 3. The van der Waals surface area contributed by atoms with Crippen molar-refractivity contribution in [3.8, 4) is 0 Å². The molecule has 4 atom stereocenters. The number of hydrogen-bond acceptors (Lipinski definition) is 5. The van der Waals surface area contributed by atoms with Crippen molar-refractivity contribution < 1.29 is 24.8 Å². The second kappa shape index (κ2) is 11.2. The predicted molar refractivity (Wildman–Crippen MR) is 81.1 cm³/mol. The Morgan fingerprint density at radius 2 is 1.81 bits per heavy atom. The molecule has 21 heavy (non-hydrogen) atoms. The maximum atomic E-state index is 9.73. The lowest BCUT2D eigenvalue weighted by atomic mass is 10.1. The highest BCUT2D eigenvalue weighted by atomic mass is 16.6. The van der Waals surface area contributed by atoms with Crippen molar-refractivity contribution in [2.45, 2.75) is 69.4 Å². The standard InChI is InChI=1S/C16H30O5/c1-2-3-4-5-6-7-8-9-10-20-14(11-17)16-15(19)13(18)12-21-16/h2,13-19H,1,3-12H2/t13-,14+,15-,16-/m0/s1. The summed E-state index contributed by atoms with van der Waals surface area (Å²) >= 11 is 0. The lowest BCUT2D eigenvalue weighted by molar-refractivity contribution is -0.101. The molecule has 1 fully saturated rings. The van der Waals surface area contributed by atoms with Gasteiger partial charge < -0.3 is 24.8 Å². The Balaban J connectivity index is 2.04. The van der Waals surface area contributed by atoms with E-state index in [9.17, 15) is 15.3 Å². The van der Waals surface area contributed by atoms with Crippen molar-refractivity contribution >= 4 is 0 Å². The lowest BCUT2D eigenvalue weighted by Gasteiger charge is -2.24. The van der Waals surface area contributed by atoms with Crippen molar-refractivity contribution in [2.75, 3.05) is 19.8 Å². The van der Waals surface area contributed by atoms with Gasteiger partial charge in [0.15, 0.2) is 0 Å². The SMILES string of the molecule is C=CCCCCCCCCO[C@H](CO)[C@@H]1OC[C@H](O)[C@@H]1O. The van der Waals surface area contributed by atoms with Crippen molar-refractivity contribution in [1.29, 1.82) is 0 Å². The third-order valence-electron chi connectivity index (χ3n) is 3.87. The zero-order chi connectivity index (χ0) is 15.5. The Bertz CT molecular complexity index is 271. The molecule has 0 aromatic rings. The molecule has 1 heterocycles. The van der Waals surface area contributed by atoms with E-state index in [-0.39, 0.29) is 13.2 Å². The van der Waals surface area contributed by atoms with Crippen LogP contribution in [-0.4, -0.2) is 59.6 Å². The molecule has 0 saturated carbocycles. The van der Waals surface area contributed by atoms with Crippen LogP contribution < -0.4 is 0 Å². The van der Waals surface area contributed by atoms with Crippen LogP contribution in [0.5, 0.6) is 0 Å². The summed E-state index contributed by atoms with van der Waals surface area (Å²) in [7, 11) is 0. The normalized spacial score (nSPS) is 26.9. The van der Waals surface area contributed by atoms with E-state index >= 15 is 0 Å². The first-order valence-electron chi connectivity index (χ1n) is 8.01. The first-order chi connectivity index (χ1) is 10.2. The van der Waals surface area contributed by atoms with Crippen molar-refractivity contribution in [2.24, 2.45) is 0 Å². The maximum Gasteiger partial charge on any atom is 0.114 e. The smallest absolute Gasteiger partial charge is 0.114 e. The highest BCUT2D eigenvalue weighted by molar-refractivity contribution is 4.88. The van der Waals surface area contributed by atoms with Crippen molar-refractivity contribution in [3.05, 3.63) is 12.7 Å². The van der Waals surface area contributed by atoms with Crippen molar-refractivity contribution in [3.63, 3.8) is 0 Å². The van der Waals surface area contributed by atoms with E-state index in [0.29, 0.717) is 6.61 Å². The van der Waals surface area contributed by atoms with E-state index in [0.717, 1.165) is 19.3 Å². The van der Waals surface area contributed by atoms with Gasteiger partial charge in [0.2, 0.25) is 0 Å². The molecule has 1 aliphatic heterocycles. The zero-order valence-corrected chi connectivity index (χ0v) is 12.8. The van der Waals surface area contributed by atoms with Crippen LogP contribution in [0.3, 0.4) is 0 Å². The van der Waals surface area contributed by atoms with Crippen LogP contribution in [0.15, 0.2) is 12.7 Å². The highest BCUT2D eigenvalue weighted by Gasteiger charge is 2.40. The molecule has 5 nitrogen and oxygen atoms in total. The molecule has 3 N–H and O–H groups in total. The molecule has 0 aromatic heterocycles. The number of ether oxygens (including phenoxy) is 2. The van der Waals surface area contributed by atoms with Crippen LogP contribution in [0.1, 0.15) is 44.9 Å². The Morgan fingerprint density at radius 1 is 1.14 bits per heavy atom. The number of rotatable bonds is 12. The third-order valence-corrected chi connectivity index (χ3v) is 3.87. The van der Waals surface area contributed by atoms with Crippen LogP contribution in [0, 0.1) is 0 Å². The summed E-state index contributed by atoms with van der Waals surface area (Å²) in [5.41, 5.74) is 0. The van der Waals surface area contributed by atoms with E-state index in [1.807, 2.05) is 6.08 Å². The molecule has 124 valence electrons. The molecule has 1 rings (SSSR count). The fourth-order valence-corrected chi connectivity index (χ4v) is 2.54. The van der Waals surface area contributed by atoms with E-state index in [1.165, 1.54) is 25.7 Å². The van der Waals surface area contributed by atoms with Crippen molar-refractivity contribution in [1.82, 2.24) is 0 Å². The fraction of sp³-hybridized carbons (Fsp3) is 0.875. The summed E-state index contributed by atoms with van der Waals surface area (Å²) in [5, 5.41) is 28.5. The molecule has 0 spiro atoms. The summed E-state index contributed by atoms with van der Waals surface area (Å²) in [6.45, 7) is 4.13. The average Bonchev–Trinajstić information content (AvgIpc) is 2.82. The van der Waals surface area contributed by atoms with Crippen LogP contribution in [0.2, 0.25) is 0 Å². The van der Waals surface area contributed by atoms with Gasteiger partial charge in [-0.05, 0) is 19.3 Å².